The van der Waals surface area contributed by atoms with Gasteiger partial charge in [0, 0.05) is 5.56 Å². The summed E-state index contributed by atoms with van der Waals surface area (Å²) in [4.78, 5) is 50.4. The van der Waals surface area contributed by atoms with Crippen LogP contribution in [0.3, 0.4) is 0 Å². The van der Waals surface area contributed by atoms with E-state index in [1.54, 1.807) is 86.0 Å². The Bertz CT molecular complexity index is 1390. The maximum atomic E-state index is 12.8. The monoisotopic (exact) mass is 499 g/mol. The molecule has 3 aromatic rings. The van der Waals surface area contributed by atoms with Gasteiger partial charge in [0.25, 0.3) is 11.1 Å². The Morgan fingerprint density at radius 1 is 0.944 bits per heavy atom. The molecule has 3 aromatic carbocycles. The maximum Gasteiger partial charge on any atom is 0.336 e. The number of carbonyl (C=O) groups excluding carboxylic acids is 3. The molecule has 1 saturated heterocycles. The van der Waals surface area contributed by atoms with Crippen LogP contribution in [0.5, 0.6) is 5.75 Å². The second-order valence-corrected chi connectivity index (χ2v) is 8.82. The van der Waals surface area contributed by atoms with Crippen LogP contribution in [0.2, 0.25) is 0 Å². The van der Waals surface area contributed by atoms with Crippen molar-refractivity contribution in [3.05, 3.63) is 112 Å². The van der Waals surface area contributed by atoms with Crippen LogP contribution >= 0.6 is 11.8 Å². The summed E-state index contributed by atoms with van der Waals surface area (Å²) in [6, 6.07) is 20.3. The number of thioether (sulfide) groups is 1. The van der Waals surface area contributed by atoms with Crippen molar-refractivity contribution in [3.8, 4) is 5.75 Å². The van der Waals surface area contributed by atoms with Crippen LogP contribution in [-0.2, 0) is 11.3 Å². The molecule has 1 aliphatic rings. The Hall–Kier alpha value is -4.43. The topological polar surface area (TPSA) is 101 Å². The number of hydrogen-bond donors (Lipinski definition) is 1. The van der Waals surface area contributed by atoms with E-state index in [4.69, 9.17) is 4.74 Å². The number of carbonyl (C=O) groups is 4. The molecule has 0 unspecified atom stereocenters. The number of methoxy groups -OCH3 is 1. The fourth-order valence-corrected chi connectivity index (χ4v) is 4.39. The highest BCUT2D eigenvalue weighted by atomic mass is 32.2. The average molecular weight is 500 g/mol. The van der Waals surface area contributed by atoms with E-state index in [0.717, 1.165) is 22.2 Å². The zero-order chi connectivity index (χ0) is 25.7. The normalized spacial score (nSPS) is 14.6. The minimum absolute atomic E-state index is 0.0506. The molecular formula is C28H21NO6S. The SMILES string of the molecule is COc1ccc(C(=O)/C=C/c2ccc(/C=C3\SC(=O)N(Cc4ccccc4C(=O)O)C3=O)cc2)cc1. The molecule has 1 fully saturated rings. The van der Waals surface area contributed by atoms with Crippen LogP contribution in [0.4, 0.5) is 4.79 Å². The van der Waals surface area contributed by atoms with Crippen molar-refractivity contribution in [1.82, 2.24) is 4.90 Å². The van der Waals surface area contributed by atoms with Crippen LogP contribution < -0.4 is 4.74 Å². The number of rotatable bonds is 8. The number of imide groups is 1. The first-order valence-electron chi connectivity index (χ1n) is 10.9. The molecule has 7 nitrogen and oxygen atoms in total. The molecule has 180 valence electrons. The summed E-state index contributed by atoms with van der Waals surface area (Å²) in [6.07, 6.45) is 4.80. The molecule has 0 aromatic heterocycles. The first kappa shape index (κ1) is 24.7. The van der Waals surface area contributed by atoms with Gasteiger partial charge in [-0.3, -0.25) is 19.3 Å². The lowest BCUT2D eigenvalue weighted by molar-refractivity contribution is -0.123. The Morgan fingerprint density at radius 3 is 2.28 bits per heavy atom. The number of ether oxygens (including phenoxy) is 1. The van der Waals surface area contributed by atoms with E-state index in [9.17, 15) is 24.3 Å². The Balaban J connectivity index is 1.43. The number of hydrogen-bond acceptors (Lipinski definition) is 6. The van der Waals surface area contributed by atoms with Crippen LogP contribution in [0.25, 0.3) is 12.2 Å². The maximum absolute atomic E-state index is 12.8. The van der Waals surface area contributed by atoms with Crippen molar-refractivity contribution >= 4 is 46.8 Å². The summed E-state index contributed by atoms with van der Waals surface area (Å²) < 4.78 is 5.10. The molecule has 1 aliphatic heterocycles. The van der Waals surface area contributed by atoms with Crippen LogP contribution in [0, 0.1) is 0 Å². The largest absolute Gasteiger partial charge is 0.497 e. The zero-order valence-corrected chi connectivity index (χ0v) is 20.0. The molecule has 1 heterocycles. The molecule has 0 radical (unpaired) electrons. The molecule has 0 saturated carbocycles. The average Bonchev–Trinajstić information content (AvgIpc) is 3.15. The summed E-state index contributed by atoms with van der Waals surface area (Å²) >= 11 is 0.812. The minimum atomic E-state index is -1.12. The second kappa shape index (κ2) is 10.9. The third-order valence-corrected chi connectivity index (χ3v) is 6.39. The van der Waals surface area contributed by atoms with Crippen molar-refractivity contribution in [2.75, 3.05) is 7.11 Å². The number of carboxylic acid groups (broad SMARTS) is 1. The molecule has 4 rings (SSSR count). The fourth-order valence-electron chi connectivity index (χ4n) is 3.55. The highest BCUT2D eigenvalue weighted by Crippen LogP contribution is 2.33. The molecule has 0 aliphatic carbocycles. The summed E-state index contributed by atoms with van der Waals surface area (Å²) in [5, 5.41) is 8.90. The van der Waals surface area contributed by atoms with Crippen molar-refractivity contribution in [2.45, 2.75) is 6.54 Å². The van der Waals surface area contributed by atoms with E-state index in [0.29, 0.717) is 22.4 Å². The first-order chi connectivity index (χ1) is 17.4. The number of aromatic carboxylic acids is 1. The van der Waals surface area contributed by atoms with E-state index in [1.165, 1.54) is 12.1 Å². The lowest BCUT2D eigenvalue weighted by Gasteiger charge is -2.14. The number of nitrogens with zero attached hydrogens (tertiary/aromatic N) is 1. The van der Waals surface area contributed by atoms with E-state index >= 15 is 0 Å². The van der Waals surface area contributed by atoms with Gasteiger partial charge in [0.1, 0.15) is 5.75 Å². The van der Waals surface area contributed by atoms with Crippen LogP contribution in [0.1, 0.15) is 37.4 Å². The predicted molar refractivity (Wildman–Crippen MR) is 138 cm³/mol. The van der Waals surface area contributed by atoms with Gasteiger partial charge in [-0.05, 0) is 70.9 Å². The molecule has 0 spiro atoms. The lowest BCUT2D eigenvalue weighted by atomic mass is 10.1. The van der Waals surface area contributed by atoms with Crippen molar-refractivity contribution in [2.24, 2.45) is 0 Å². The summed E-state index contributed by atoms with van der Waals surface area (Å²) in [7, 11) is 1.56. The summed E-state index contributed by atoms with van der Waals surface area (Å²) in [6.45, 7) is -0.115. The molecular weight excluding hydrogens is 478 g/mol. The number of ketones is 1. The Morgan fingerprint density at radius 2 is 1.61 bits per heavy atom. The number of benzene rings is 3. The fraction of sp³-hybridized carbons (Fsp3) is 0.0714. The molecule has 8 heteroatoms. The number of carboxylic acids is 1. The smallest absolute Gasteiger partial charge is 0.336 e. The molecule has 1 N–H and O–H groups in total. The first-order valence-corrected chi connectivity index (χ1v) is 11.7. The van der Waals surface area contributed by atoms with E-state index in [1.807, 2.05) is 0 Å². The lowest BCUT2D eigenvalue weighted by Crippen LogP contribution is -2.28. The van der Waals surface area contributed by atoms with Gasteiger partial charge in [-0.1, -0.05) is 48.5 Å². The highest BCUT2D eigenvalue weighted by molar-refractivity contribution is 8.18. The van der Waals surface area contributed by atoms with Gasteiger partial charge in [0.2, 0.25) is 0 Å². The summed E-state index contributed by atoms with van der Waals surface area (Å²) in [5.74, 6) is -1.05. The molecule has 0 bridgehead atoms. The van der Waals surface area contributed by atoms with Gasteiger partial charge in [-0.2, -0.15) is 0 Å². The number of allylic oxidation sites excluding steroid dienone is 1. The van der Waals surface area contributed by atoms with Gasteiger partial charge >= 0.3 is 5.97 Å². The Labute approximate surface area is 211 Å². The van der Waals surface area contributed by atoms with E-state index < -0.39 is 17.1 Å². The van der Waals surface area contributed by atoms with Gasteiger partial charge < -0.3 is 9.84 Å². The molecule has 36 heavy (non-hydrogen) atoms. The van der Waals surface area contributed by atoms with Crippen LogP contribution in [0.15, 0.2) is 83.8 Å². The van der Waals surface area contributed by atoms with Gasteiger partial charge in [0.15, 0.2) is 5.78 Å². The van der Waals surface area contributed by atoms with Crippen LogP contribution in [-0.4, -0.2) is 40.0 Å². The van der Waals surface area contributed by atoms with Gasteiger partial charge in [-0.15, -0.1) is 0 Å². The highest BCUT2D eigenvalue weighted by Gasteiger charge is 2.35. The van der Waals surface area contributed by atoms with Gasteiger partial charge in [0.05, 0.1) is 24.1 Å². The quantitative estimate of drug-likeness (QED) is 0.321. The third-order valence-electron chi connectivity index (χ3n) is 5.49. The van der Waals surface area contributed by atoms with E-state index in [-0.39, 0.29) is 22.8 Å². The number of amides is 2. The zero-order valence-electron chi connectivity index (χ0n) is 19.2. The predicted octanol–water partition coefficient (Wildman–Crippen LogP) is 5.53. The standard InChI is InChI=1S/C28H21NO6S/c1-35-22-13-11-20(12-14-22)24(30)15-10-18-6-8-19(9-7-18)16-25-26(31)29(28(34)36-25)17-21-4-2-3-5-23(21)27(32)33/h2-16H,17H2,1H3,(H,32,33)/b15-10+,25-16-. The van der Waals surface area contributed by atoms with Gasteiger partial charge in [-0.25, -0.2) is 4.79 Å². The van der Waals surface area contributed by atoms with Crippen molar-refractivity contribution in [3.63, 3.8) is 0 Å². The molecule has 2 amide bonds. The minimum Gasteiger partial charge on any atom is -0.497 e. The second-order valence-electron chi connectivity index (χ2n) is 7.82. The van der Waals surface area contributed by atoms with E-state index in [2.05, 4.69) is 0 Å². The molecule has 0 atom stereocenters. The van der Waals surface area contributed by atoms with Crippen molar-refractivity contribution < 1.29 is 29.0 Å². The van der Waals surface area contributed by atoms with Crippen molar-refractivity contribution in [1.29, 1.82) is 0 Å². The third kappa shape index (κ3) is 5.61. The summed E-state index contributed by atoms with van der Waals surface area (Å²) in [5.41, 5.74) is 2.49. The Kier molecular flexibility index (Phi) is 7.46.